The van der Waals surface area contributed by atoms with Crippen LogP contribution in [0.25, 0.3) is 0 Å². The van der Waals surface area contributed by atoms with Crippen molar-refractivity contribution in [3.8, 4) is 0 Å². The second kappa shape index (κ2) is 5.44. The third-order valence-electron chi connectivity index (χ3n) is 2.39. The Morgan fingerprint density at radius 1 is 1.44 bits per heavy atom. The molecule has 5 heteroatoms. The Bertz CT molecular complexity index is 337. The van der Waals surface area contributed by atoms with E-state index >= 15 is 0 Å². The average molecular weight is 220 g/mol. The van der Waals surface area contributed by atoms with Gasteiger partial charge in [-0.15, -0.1) is 0 Å². The molecule has 2 rings (SSSR count). The number of aromatic nitrogens is 2. The zero-order chi connectivity index (χ0) is 11.2. The lowest BCUT2D eigenvalue weighted by atomic mass is 10.3. The summed E-state index contributed by atoms with van der Waals surface area (Å²) >= 11 is 0. The number of hydrogen-bond donors (Lipinski definition) is 2. The molecule has 0 saturated heterocycles. The second-order valence-corrected chi connectivity index (χ2v) is 3.96. The molecular weight excluding hydrogens is 204 g/mol. The van der Waals surface area contributed by atoms with Gasteiger partial charge in [-0.05, 0) is 19.3 Å². The van der Waals surface area contributed by atoms with E-state index in [1.54, 1.807) is 18.6 Å². The monoisotopic (exact) mass is 220 g/mol. The third-order valence-corrected chi connectivity index (χ3v) is 2.39. The predicted octanol–water partition coefficient (Wildman–Crippen LogP) is 0.947. The first-order valence-electron chi connectivity index (χ1n) is 5.64. The minimum absolute atomic E-state index is 0.156. The van der Waals surface area contributed by atoms with Crippen molar-refractivity contribution < 1.29 is 4.79 Å². The molecule has 0 radical (unpaired) electrons. The van der Waals surface area contributed by atoms with E-state index in [9.17, 15) is 4.79 Å². The normalized spacial score (nSPS) is 14.5. The van der Waals surface area contributed by atoms with Gasteiger partial charge in [-0.25, -0.2) is 4.98 Å². The lowest BCUT2D eigenvalue weighted by molar-refractivity contribution is -0.121. The van der Waals surface area contributed by atoms with Gasteiger partial charge in [0.2, 0.25) is 5.91 Å². The SMILES string of the molecule is O=C(CCCNc1cnccn1)NC1CC1. The van der Waals surface area contributed by atoms with E-state index in [0.717, 1.165) is 31.6 Å². The summed E-state index contributed by atoms with van der Waals surface area (Å²) in [6.07, 6.45) is 8.62. The smallest absolute Gasteiger partial charge is 0.220 e. The van der Waals surface area contributed by atoms with Crippen molar-refractivity contribution in [2.45, 2.75) is 31.7 Å². The largest absolute Gasteiger partial charge is 0.369 e. The van der Waals surface area contributed by atoms with E-state index < -0.39 is 0 Å². The van der Waals surface area contributed by atoms with Gasteiger partial charge in [-0.1, -0.05) is 0 Å². The van der Waals surface area contributed by atoms with E-state index in [-0.39, 0.29) is 5.91 Å². The number of rotatable bonds is 6. The van der Waals surface area contributed by atoms with E-state index in [1.165, 1.54) is 0 Å². The number of amides is 1. The van der Waals surface area contributed by atoms with Gasteiger partial charge >= 0.3 is 0 Å². The van der Waals surface area contributed by atoms with Crippen LogP contribution < -0.4 is 10.6 Å². The summed E-state index contributed by atoms with van der Waals surface area (Å²) in [5.41, 5.74) is 0. The molecular formula is C11H16N4O. The predicted molar refractivity (Wildman–Crippen MR) is 60.9 cm³/mol. The Labute approximate surface area is 94.7 Å². The molecule has 0 unspecified atom stereocenters. The standard InChI is InChI=1S/C11H16N4O/c16-11(15-9-3-4-9)2-1-5-13-10-8-12-6-7-14-10/h6-9H,1-5H2,(H,13,14)(H,15,16). The van der Waals surface area contributed by atoms with Crippen LogP contribution in [0.4, 0.5) is 5.82 Å². The molecule has 1 amide bonds. The van der Waals surface area contributed by atoms with E-state index in [0.29, 0.717) is 12.5 Å². The molecule has 1 aliphatic carbocycles. The van der Waals surface area contributed by atoms with Crippen LogP contribution in [0.5, 0.6) is 0 Å². The molecule has 86 valence electrons. The molecule has 0 spiro atoms. The van der Waals surface area contributed by atoms with Gasteiger partial charge in [0.05, 0.1) is 6.20 Å². The molecule has 0 aromatic carbocycles. The van der Waals surface area contributed by atoms with Crippen LogP contribution >= 0.6 is 0 Å². The minimum atomic E-state index is 0.156. The van der Waals surface area contributed by atoms with Crippen LogP contribution in [0, 0.1) is 0 Å². The van der Waals surface area contributed by atoms with Gasteiger partial charge in [-0.2, -0.15) is 0 Å². The lowest BCUT2D eigenvalue weighted by Crippen LogP contribution is -2.25. The van der Waals surface area contributed by atoms with Gasteiger partial charge < -0.3 is 10.6 Å². The maximum Gasteiger partial charge on any atom is 0.220 e. The van der Waals surface area contributed by atoms with Crippen molar-refractivity contribution in [1.82, 2.24) is 15.3 Å². The van der Waals surface area contributed by atoms with Crippen LogP contribution in [-0.2, 0) is 4.79 Å². The minimum Gasteiger partial charge on any atom is -0.369 e. The van der Waals surface area contributed by atoms with Gasteiger partial charge in [-0.3, -0.25) is 9.78 Å². The molecule has 1 saturated carbocycles. The lowest BCUT2D eigenvalue weighted by Gasteiger charge is -2.05. The van der Waals surface area contributed by atoms with E-state index in [1.807, 2.05) is 0 Å². The van der Waals surface area contributed by atoms with E-state index in [4.69, 9.17) is 0 Å². The molecule has 16 heavy (non-hydrogen) atoms. The number of nitrogens with zero attached hydrogens (tertiary/aromatic N) is 2. The molecule has 1 heterocycles. The molecule has 0 bridgehead atoms. The summed E-state index contributed by atoms with van der Waals surface area (Å²) in [4.78, 5) is 19.4. The first-order valence-corrected chi connectivity index (χ1v) is 5.64. The first-order chi connectivity index (χ1) is 7.84. The molecule has 0 atom stereocenters. The Hall–Kier alpha value is -1.65. The van der Waals surface area contributed by atoms with Crippen LogP contribution in [0.15, 0.2) is 18.6 Å². The number of nitrogens with one attached hydrogen (secondary N) is 2. The highest BCUT2D eigenvalue weighted by Gasteiger charge is 2.22. The van der Waals surface area contributed by atoms with Gasteiger partial charge in [0, 0.05) is 31.4 Å². The Morgan fingerprint density at radius 3 is 3.00 bits per heavy atom. The Balaban J connectivity index is 1.56. The Morgan fingerprint density at radius 2 is 2.31 bits per heavy atom. The summed E-state index contributed by atoms with van der Waals surface area (Å²) in [7, 11) is 0. The topological polar surface area (TPSA) is 66.9 Å². The maximum atomic E-state index is 11.3. The zero-order valence-electron chi connectivity index (χ0n) is 9.15. The summed E-state index contributed by atoms with van der Waals surface area (Å²) in [5.74, 6) is 0.911. The fourth-order valence-corrected chi connectivity index (χ4v) is 1.38. The number of carbonyl (C=O) groups is 1. The highest BCUT2D eigenvalue weighted by molar-refractivity contribution is 5.76. The van der Waals surface area contributed by atoms with Gasteiger partial charge in [0.15, 0.2) is 0 Å². The molecule has 1 aromatic rings. The summed E-state index contributed by atoms with van der Waals surface area (Å²) in [6, 6.07) is 0.459. The number of hydrogen-bond acceptors (Lipinski definition) is 4. The molecule has 5 nitrogen and oxygen atoms in total. The van der Waals surface area contributed by atoms with E-state index in [2.05, 4.69) is 20.6 Å². The Kier molecular flexibility index (Phi) is 3.69. The average Bonchev–Trinajstić information content (AvgIpc) is 3.10. The zero-order valence-corrected chi connectivity index (χ0v) is 9.15. The van der Waals surface area contributed by atoms with Crippen LogP contribution in [0.1, 0.15) is 25.7 Å². The molecule has 2 N–H and O–H groups in total. The van der Waals surface area contributed by atoms with Crippen molar-refractivity contribution in [2.75, 3.05) is 11.9 Å². The fraction of sp³-hybridized carbons (Fsp3) is 0.545. The van der Waals surface area contributed by atoms with Crippen molar-refractivity contribution in [2.24, 2.45) is 0 Å². The van der Waals surface area contributed by atoms with Crippen LogP contribution in [0.3, 0.4) is 0 Å². The van der Waals surface area contributed by atoms with Crippen molar-refractivity contribution >= 4 is 11.7 Å². The first kappa shape index (κ1) is 10.9. The highest BCUT2D eigenvalue weighted by Crippen LogP contribution is 2.18. The van der Waals surface area contributed by atoms with Crippen molar-refractivity contribution in [1.29, 1.82) is 0 Å². The van der Waals surface area contributed by atoms with Crippen molar-refractivity contribution in [3.63, 3.8) is 0 Å². The summed E-state index contributed by atoms with van der Waals surface area (Å²) in [5, 5.41) is 6.07. The third kappa shape index (κ3) is 3.84. The van der Waals surface area contributed by atoms with Crippen molar-refractivity contribution in [3.05, 3.63) is 18.6 Å². The van der Waals surface area contributed by atoms with Gasteiger partial charge in [0.25, 0.3) is 0 Å². The van der Waals surface area contributed by atoms with Crippen LogP contribution in [-0.4, -0.2) is 28.5 Å². The highest BCUT2D eigenvalue weighted by atomic mass is 16.1. The quantitative estimate of drug-likeness (QED) is 0.700. The molecule has 0 aliphatic heterocycles. The molecule has 1 fully saturated rings. The molecule has 1 aromatic heterocycles. The van der Waals surface area contributed by atoms with Crippen LogP contribution in [0.2, 0.25) is 0 Å². The fourth-order valence-electron chi connectivity index (χ4n) is 1.38. The number of carbonyl (C=O) groups excluding carboxylic acids is 1. The maximum absolute atomic E-state index is 11.3. The second-order valence-electron chi connectivity index (χ2n) is 3.96. The summed E-state index contributed by atoms with van der Waals surface area (Å²) < 4.78 is 0. The van der Waals surface area contributed by atoms with Gasteiger partial charge in [0.1, 0.15) is 5.82 Å². The molecule has 1 aliphatic rings. The summed E-state index contributed by atoms with van der Waals surface area (Å²) in [6.45, 7) is 0.747. The number of anilines is 1.